The minimum atomic E-state index is -0.955. The van der Waals surface area contributed by atoms with Gasteiger partial charge in [-0.1, -0.05) is 36.4 Å². The number of benzene rings is 2. The molecule has 2 aromatic carbocycles. The van der Waals surface area contributed by atoms with Crippen LogP contribution in [0.15, 0.2) is 54.6 Å². The molecule has 0 aliphatic rings. The molecule has 2 amide bonds. The highest BCUT2D eigenvalue weighted by Gasteiger charge is 2.19. The summed E-state index contributed by atoms with van der Waals surface area (Å²) in [5, 5.41) is 14.3. The number of anilines is 1. The number of carboxylic acids is 1. The van der Waals surface area contributed by atoms with E-state index in [4.69, 9.17) is 5.11 Å². The number of hydrogen-bond acceptors (Lipinski definition) is 3. The standard InChI is InChI=1S/C19H20N2O4/c1-20-19(25)14-8-5-9-16(10-14)21-17(22)11-15(12-18(23)24)13-6-3-2-4-7-13/h2-10,15H,11-12H2,1H3,(H,20,25)(H,21,22)(H,23,24). The van der Waals surface area contributed by atoms with Crippen molar-refractivity contribution in [3.63, 3.8) is 0 Å². The van der Waals surface area contributed by atoms with Crippen molar-refractivity contribution < 1.29 is 19.5 Å². The highest BCUT2D eigenvalue weighted by Crippen LogP contribution is 2.24. The number of carboxylic acid groups (broad SMARTS) is 1. The molecule has 0 heterocycles. The van der Waals surface area contributed by atoms with E-state index in [0.29, 0.717) is 11.3 Å². The number of rotatable bonds is 7. The first-order valence-corrected chi connectivity index (χ1v) is 7.88. The Morgan fingerprint density at radius 3 is 2.36 bits per heavy atom. The van der Waals surface area contributed by atoms with Crippen LogP contribution in [0.1, 0.15) is 34.7 Å². The van der Waals surface area contributed by atoms with Gasteiger partial charge in [-0.2, -0.15) is 0 Å². The van der Waals surface area contributed by atoms with E-state index in [2.05, 4.69) is 10.6 Å². The topological polar surface area (TPSA) is 95.5 Å². The maximum absolute atomic E-state index is 12.3. The summed E-state index contributed by atoms with van der Waals surface area (Å²) in [6.45, 7) is 0. The van der Waals surface area contributed by atoms with Crippen LogP contribution in [0.2, 0.25) is 0 Å². The first-order valence-electron chi connectivity index (χ1n) is 7.88. The molecule has 0 radical (unpaired) electrons. The van der Waals surface area contributed by atoms with Crippen LogP contribution < -0.4 is 10.6 Å². The second-order valence-corrected chi connectivity index (χ2v) is 5.62. The van der Waals surface area contributed by atoms with Crippen LogP contribution in [-0.4, -0.2) is 29.9 Å². The molecular weight excluding hydrogens is 320 g/mol. The number of carbonyl (C=O) groups is 3. The Morgan fingerprint density at radius 2 is 1.72 bits per heavy atom. The molecule has 0 spiro atoms. The van der Waals surface area contributed by atoms with Gasteiger partial charge in [-0.05, 0) is 23.8 Å². The maximum Gasteiger partial charge on any atom is 0.303 e. The highest BCUT2D eigenvalue weighted by atomic mass is 16.4. The van der Waals surface area contributed by atoms with Gasteiger partial charge < -0.3 is 15.7 Å². The zero-order valence-electron chi connectivity index (χ0n) is 13.9. The number of aliphatic carboxylic acids is 1. The summed E-state index contributed by atoms with van der Waals surface area (Å²) in [5.74, 6) is -1.92. The van der Waals surface area contributed by atoms with Gasteiger partial charge in [-0.25, -0.2) is 0 Å². The van der Waals surface area contributed by atoms with Crippen molar-refractivity contribution in [2.75, 3.05) is 12.4 Å². The van der Waals surface area contributed by atoms with Crippen LogP contribution in [0.25, 0.3) is 0 Å². The zero-order valence-corrected chi connectivity index (χ0v) is 13.9. The van der Waals surface area contributed by atoms with Gasteiger partial charge in [-0.3, -0.25) is 14.4 Å². The lowest BCUT2D eigenvalue weighted by atomic mass is 9.92. The third-order valence-electron chi connectivity index (χ3n) is 3.76. The van der Waals surface area contributed by atoms with Crippen molar-refractivity contribution >= 4 is 23.5 Å². The van der Waals surface area contributed by atoms with Crippen molar-refractivity contribution in [1.82, 2.24) is 5.32 Å². The minimum absolute atomic E-state index is 0.0422. The first kappa shape index (κ1) is 18.2. The Hall–Kier alpha value is -3.15. The van der Waals surface area contributed by atoms with Gasteiger partial charge in [0.15, 0.2) is 0 Å². The largest absolute Gasteiger partial charge is 0.481 e. The van der Waals surface area contributed by atoms with E-state index in [-0.39, 0.29) is 24.7 Å². The van der Waals surface area contributed by atoms with E-state index in [1.54, 1.807) is 24.3 Å². The first-order chi connectivity index (χ1) is 12.0. The Kier molecular flexibility index (Phi) is 6.28. The Bertz CT molecular complexity index is 759. The summed E-state index contributed by atoms with van der Waals surface area (Å²) >= 11 is 0. The average Bonchev–Trinajstić information content (AvgIpc) is 2.61. The van der Waals surface area contributed by atoms with Crippen LogP contribution in [0.3, 0.4) is 0 Å². The van der Waals surface area contributed by atoms with E-state index < -0.39 is 11.9 Å². The van der Waals surface area contributed by atoms with E-state index in [1.807, 2.05) is 30.3 Å². The van der Waals surface area contributed by atoms with E-state index in [1.165, 1.54) is 7.05 Å². The quantitative estimate of drug-likeness (QED) is 0.722. The van der Waals surface area contributed by atoms with Crippen LogP contribution in [-0.2, 0) is 9.59 Å². The summed E-state index contributed by atoms with van der Waals surface area (Å²) in [5.41, 5.74) is 1.73. The lowest BCUT2D eigenvalue weighted by Crippen LogP contribution is -2.19. The molecule has 0 saturated carbocycles. The molecular formula is C19H20N2O4. The molecule has 1 atom stereocenters. The van der Waals surface area contributed by atoms with E-state index >= 15 is 0 Å². The van der Waals surface area contributed by atoms with Gasteiger partial charge in [0.1, 0.15) is 0 Å². The van der Waals surface area contributed by atoms with Crippen molar-refractivity contribution in [3.05, 3.63) is 65.7 Å². The molecule has 2 rings (SSSR count). The summed E-state index contributed by atoms with van der Waals surface area (Å²) in [7, 11) is 1.53. The van der Waals surface area contributed by atoms with Gasteiger partial charge in [0.2, 0.25) is 5.91 Å². The smallest absolute Gasteiger partial charge is 0.303 e. The number of nitrogens with one attached hydrogen (secondary N) is 2. The molecule has 0 bridgehead atoms. The molecule has 1 unspecified atom stereocenters. The summed E-state index contributed by atoms with van der Waals surface area (Å²) < 4.78 is 0. The fourth-order valence-corrected chi connectivity index (χ4v) is 2.56. The Balaban J connectivity index is 2.09. The lowest BCUT2D eigenvalue weighted by molar-refractivity contribution is -0.137. The number of hydrogen-bond donors (Lipinski definition) is 3. The molecule has 0 fully saturated rings. The second kappa shape index (κ2) is 8.63. The summed E-state index contributed by atoms with van der Waals surface area (Å²) in [6, 6.07) is 15.7. The van der Waals surface area contributed by atoms with Crippen LogP contribution in [0.4, 0.5) is 5.69 Å². The molecule has 0 aliphatic heterocycles. The SMILES string of the molecule is CNC(=O)c1cccc(NC(=O)CC(CC(=O)O)c2ccccc2)c1. The van der Waals surface area contributed by atoms with Crippen molar-refractivity contribution in [2.24, 2.45) is 0 Å². The van der Waals surface area contributed by atoms with Crippen molar-refractivity contribution in [2.45, 2.75) is 18.8 Å². The summed E-state index contributed by atoms with van der Waals surface area (Å²) in [4.78, 5) is 35.1. The fraction of sp³-hybridized carbons (Fsp3) is 0.211. The van der Waals surface area contributed by atoms with Gasteiger partial charge in [0.05, 0.1) is 6.42 Å². The molecule has 0 aromatic heterocycles. The molecule has 130 valence electrons. The van der Waals surface area contributed by atoms with Gasteiger partial charge in [-0.15, -0.1) is 0 Å². The predicted octanol–water partition coefficient (Wildman–Crippen LogP) is 2.63. The zero-order chi connectivity index (χ0) is 18.2. The minimum Gasteiger partial charge on any atom is -0.481 e. The van der Waals surface area contributed by atoms with Gasteiger partial charge in [0, 0.05) is 30.6 Å². The molecule has 6 nitrogen and oxygen atoms in total. The molecule has 6 heteroatoms. The van der Waals surface area contributed by atoms with Crippen LogP contribution >= 0.6 is 0 Å². The fourth-order valence-electron chi connectivity index (χ4n) is 2.56. The van der Waals surface area contributed by atoms with E-state index in [0.717, 1.165) is 5.56 Å². The van der Waals surface area contributed by atoms with E-state index in [9.17, 15) is 14.4 Å². The number of amides is 2. The third kappa shape index (κ3) is 5.46. The molecule has 0 aliphatic carbocycles. The maximum atomic E-state index is 12.3. The average molecular weight is 340 g/mol. The molecule has 2 aromatic rings. The second-order valence-electron chi connectivity index (χ2n) is 5.62. The summed E-state index contributed by atoms with van der Waals surface area (Å²) in [6.07, 6.45) is -0.0871. The van der Waals surface area contributed by atoms with Crippen LogP contribution in [0.5, 0.6) is 0 Å². The predicted molar refractivity (Wildman–Crippen MR) is 94.5 cm³/mol. The third-order valence-corrected chi connectivity index (χ3v) is 3.76. The van der Waals surface area contributed by atoms with Crippen LogP contribution in [0, 0.1) is 0 Å². The molecule has 25 heavy (non-hydrogen) atoms. The lowest BCUT2D eigenvalue weighted by Gasteiger charge is -2.15. The van der Waals surface area contributed by atoms with Gasteiger partial charge in [0.25, 0.3) is 5.91 Å². The molecule has 0 saturated heterocycles. The Labute approximate surface area is 145 Å². The van der Waals surface area contributed by atoms with Gasteiger partial charge >= 0.3 is 5.97 Å². The van der Waals surface area contributed by atoms with Crippen molar-refractivity contribution in [3.8, 4) is 0 Å². The monoisotopic (exact) mass is 340 g/mol. The number of carbonyl (C=O) groups excluding carboxylic acids is 2. The highest BCUT2D eigenvalue weighted by molar-refractivity contribution is 5.97. The Morgan fingerprint density at radius 1 is 1.00 bits per heavy atom. The van der Waals surface area contributed by atoms with Crippen molar-refractivity contribution in [1.29, 1.82) is 0 Å². The molecule has 3 N–H and O–H groups in total. The normalized spacial score (nSPS) is 11.4.